The van der Waals surface area contributed by atoms with Crippen LogP contribution in [0, 0.1) is 11.3 Å². The maximum absolute atomic E-state index is 12.7. The third-order valence-electron chi connectivity index (χ3n) is 5.01. The summed E-state index contributed by atoms with van der Waals surface area (Å²) < 4.78 is 1.58. The van der Waals surface area contributed by atoms with Crippen molar-refractivity contribution in [3.05, 3.63) is 48.5 Å². The molecule has 1 fully saturated rings. The number of nitrogen functional groups attached to an aromatic ring is 1. The van der Waals surface area contributed by atoms with Crippen molar-refractivity contribution in [2.24, 2.45) is 0 Å². The molecule has 0 aliphatic carbocycles. The van der Waals surface area contributed by atoms with E-state index in [1.807, 2.05) is 30.5 Å². The lowest BCUT2D eigenvalue weighted by Gasteiger charge is -2.23. The highest BCUT2D eigenvalue weighted by Crippen LogP contribution is 2.25. The van der Waals surface area contributed by atoms with Gasteiger partial charge in [0.2, 0.25) is 0 Å². The molecule has 1 amide bonds. The van der Waals surface area contributed by atoms with Gasteiger partial charge in [-0.2, -0.15) is 10.4 Å². The van der Waals surface area contributed by atoms with Crippen LogP contribution in [0.1, 0.15) is 23.3 Å². The summed E-state index contributed by atoms with van der Waals surface area (Å²) in [6, 6.07) is 9.82. The minimum atomic E-state index is -0.315. The molecule has 1 atom stereocenters. The molecule has 9 nitrogen and oxygen atoms in total. The van der Waals surface area contributed by atoms with E-state index in [0.717, 1.165) is 42.6 Å². The third-order valence-corrected chi connectivity index (χ3v) is 5.01. The highest BCUT2D eigenvalue weighted by molar-refractivity contribution is 5.97. The maximum Gasteiger partial charge on any atom is 0.274 e. The number of nitrogens with two attached hydrogens (primary N) is 1. The Balaban J connectivity index is 1.59. The topological polar surface area (TPSA) is 135 Å². The lowest BCUT2D eigenvalue weighted by molar-refractivity contribution is 0.0926. The summed E-state index contributed by atoms with van der Waals surface area (Å²) in [4.78, 5) is 21.4. The van der Waals surface area contributed by atoms with E-state index >= 15 is 0 Å². The van der Waals surface area contributed by atoms with E-state index < -0.39 is 0 Å². The minimum Gasteiger partial charge on any atom is -0.382 e. The van der Waals surface area contributed by atoms with Gasteiger partial charge < -0.3 is 16.4 Å². The molecular weight excluding hydrogens is 380 g/mol. The number of rotatable bonds is 5. The number of carbonyl (C=O) groups is 1. The zero-order valence-electron chi connectivity index (χ0n) is 16.4. The van der Waals surface area contributed by atoms with Crippen molar-refractivity contribution in [3.63, 3.8) is 0 Å². The Hall–Kier alpha value is -3.77. The number of anilines is 1. The van der Waals surface area contributed by atoms with E-state index in [0.29, 0.717) is 5.69 Å². The van der Waals surface area contributed by atoms with Crippen LogP contribution < -0.4 is 16.4 Å². The van der Waals surface area contributed by atoms with E-state index in [-0.39, 0.29) is 30.0 Å². The number of amides is 1. The van der Waals surface area contributed by atoms with Crippen LogP contribution in [-0.4, -0.2) is 44.8 Å². The Morgan fingerprint density at radius 2 is 2.20 bits per heavy atom. The molecule has 3 aromatic rings. The Morgan fingerprint density at radius 3 is 3.00 bits per heavy atom. The zero-order chi connectivity index (χ0) is 20.9. The van der Waals surface area contributed by atoms with Crippen molar-refractivity contribution >= 4 is 11.7 Å². The second kappa shape index (κ2) is 8.71. The second-order valence-corrected chi connectivity index (χ2v) is 7.17. The Labute approximate surface area is 173 Å². The van der Waals surface area contributed by atoms with E-state index in [4.69, 9.17) is 11.0 Å². The maximum atomic E-state index is 12.7. The molecule has 1 aromatic carbocycles. The summed E-state index contributed by atoms with van der Waals surface area (Å²) in [6.07, 6.45) is 7.03. The van der Waals surface area contributed by atoms with E-state index in [1.165, 1.54) is 0 Å². The molecule has 2 aromatic heterocycles. The number of nitrogens with one attached hydrogen (secondary N) is 2. The molecular formula is C21H22N8O. The second-order valence-electron chi connectivity index (χ2n) is 7.17. The normalized spacial score (nSPS) is 16.0. The van der Waals surface area contributed by atoms with Crippen LogP contribution in [-0.2, 0) is 6.54 Å². The molecule has 1 saturated heterocycles. The molecule has 4 rings (SSSR count). The fourth-order valence-corrected chi connectivity index (χ4v) is 3.46. The van der Waals surface area contributed by atoms with Crippen molar-refractivity contribution in [1.82, 2.24) is 30.4 Å². The van der Waals surface area contributed by atoms with Gasteiger partial charge in [0, 0.05) is 29.9 Å². The molecule has 1 aliphatic heterocycles. The molecule has 1 aliphatic rings. The molecule has 0 spiro atoms. The molecule has 152 valence electrons. The van der Waals surface area contributed by atoms with Crippen molar-refractivity contribution in [3.8, 4) is 28.5 Å². The number of benzene rings is 1. The van der Waals surface area contributed by atoms with Gasteiger partial charge in [-0.05, 0) is 31.0 Å². The summed E-state index contributed by atoms with van der Waals surface area (Å²) in [5.74, 6) is -0.210. The van der Waals surface area contributed by atoms with E-state index in [2.05, 4.69) is 31.8 Å². The van der Waals surface area contributed by atoms with Crippen LogP contribution in [0.4, 0.5) is 5.82 Å². The smallest absolute Gasteiger partial charge is 0.274 e. The summed E-state index contributed by atoms with van der Waals surface area (Å²) >= 11 is 0. The Bertz CT molecular complexity index is 1090. The predicted molar refractivity (Wildman–Crippen MR) is 112 cm³/mol. The number of carbonyl (C=O) groups excluding carboxylic acids is 1. The molecule has 30 heavy (non-hydrogen) atoms. The number of nitrogens with zero attached hydrogens (tertiary/aromatic N) is 5. The van der Waals surface area contributed by atoms with Gasteiger partial charge in [0.15, 0.2) is 11.5 Å². The number of piperidine rings is 1. The first kappa shape index (κ1) is 19.5. The van der Waals surface area contributed by atoms with Gasteiger partial charge in [0.25, 0.3) is 5.91 Å². The van der Waals surface area contributed by atoms with E-state index in [1.54, 1.807) is 17.1 Å². The van der Waals surface area contributed by atoms with Crippen LogP contribution >= 0.6 is 0 Å². The van der Waals surface area contributed by atoms with Crippen molar-refractivity contribution < 1.29 is 4.79 Å². The molecule has 9 heteroatoms. The van der Waals surface area contributed by atoms with E-state index in [9.17, 15) is 4.79 Å². The van der Waals surface area contributed by atoms with Crippen LogP contribution in [0.15, 0.2) is 42.9 Å². The van der Waals surface area contributed by atoms with Crippen LogP contribution in [0.2, 0.25) is 0 Å². The highest BCUT2D eigenvalue weighted by atomic mass is 16.2. The largest absolute Gasteiger partial charge is 0.382 e. The minimum absolute atomic E-state index is 0.0596. The number of hydrogen-bond acceptors (Lipinski definition) is 7. The van der Waals surface area contributed by atoms with Gasteiger partial charge in [0.1, 0.15) is 6.54 Å². The Morgan fingerprint density at radius 1 is 1.33 bits per heavy atom. The van der Waals surface area contributed by atoms with Crippen LogP contribution in [0.25, 0.3) is 22.4 Å². The van der Waals surface area contributed by atoms with Crippen LogP contribution in [0.5, 0.6) is 0 Å². The average Bonchev–Trinajstić information content (AvgIpc) is 3.24. The molecule has 0 bridgehead atoms. The summed E-state index contributed by atoms with van der Waals surface area (Å²) in [6.45, 7) is 1.90. The van der Waals surface area contributed by atoms with Crippen LogP contribution in [0.3, 0.4) is 0 Å². The summed E-state index contributed by atoms with van der Waals surface area (Å²) in [7, 11) is 0. The van der Waals surface area contributed by atoms with Gasteiger partial charge in [0.05, 0.1) is 24.2 Å². The lowest BCUT2D eigenvalue weighted by atomic mass is 10.0. The third kappa shape index (κ3) is 4.29. The monoisotopic (exact) mass is 402 g/mol. The molecule has 1 unspecified atom stereocenters. The lowest BCUT2D eigenvalue weighted by Crippen LogP contribution is -2.46. The average molecular weight is 402 g/mol. The van der Waals surface area contributed by atoms with Gasteiger partial charge in [-0.15, -0.1) is 0 Å². The molecule has 3 heterocycles. The van der Waals surface area contributed by atoms with Gasteiger partial charge in [-0.1, -0.05) is 18.2 Å². The fraction of sp³-hybridized carbons (Fsp3) is 0.286. The SMILES string of the molecule is N#CCn1cc(-c2cccc(-c3cnc(N)c(C(=O)NC4CCCNC4)n3)c2)cn1. The number of aromatic nitrogens is 4. The summed E-state index contributed by atoms with van der Waals surface area (Å²) in [5, 5.41) is 19.3. The van der Waals surface area contributed by atoms with Gasteiger partial charge >= 0.3 is 0 Å². The first-order valence-corrected chi connectivity index (χ1v) is 9.78. The van der Waals surface area contributed by atoms with Gasteiger partial charge in [-0.3, -0.25) is 9.48 Å². The first-order valence-electron chi connectivity index (χ1n) is 9.78. The van der Waals surface area contributed by atoms with Crippen molar-refractivity contribution in [1.29, 1.82) is 5.26 Å². The molecule has 0 saturated carbocycles. The standard InChI is InChI=1S/C21H22N8O/c22-6-8-29-13-16(10-26-29)14-3-1-4-15(9-14)18-12-25-20(23)19(28-18)21(30)27-17-5-2-7-24-11-17/h1,3-4,9-10,12-13,17,24H,2,5,7-8,11H2,(H2,23,25)(H,27,30). The first-order chi connectivity index (χ1) is 14.6. The van der Waals surface area contributed by atoms with Crippen molar-refractivity contribution in [2.45, 2.75) is 25.4 Å². The number of hydrogen-bond donors (Lipinski definition) is 3. The van der Waals surface area contributed by atoms with Gasteiger partial charge in [-0.25, -0.2) is 9.97 Å². The zero-order valence-corrected chi connectivity index (χ0v) is 16.4. The van der Waals surface area contributed by atoms with Crippen molar-refractivity contribution in [2.75, 3.05) is 18.8 Å². The molecule has 4 N–H and O–H groups in total. The highest BCUT2D eigenvalue weighted by Gasteiger charge is 2.20. The summed E-state index contributed by atoms with van der Waals surface area (Å²) in [5.41, 5.74) is 9.25. The Kier molecular flexibility index (Phi) is 5.68. The number of nitriles is 1. The fourth-order valence-electron chi connectivity index (χ4n) is 3.46. The molecule has 0 radical (unpaired) electrons. The predicted octanol–water partition coefficient (Wildman–Crippen LogP) is 1.59. The quantitative estimate of drug-likeness (QED) is 0.590.